The second-order valence-corrected chi connectivity index (χ2v) is 9.01. The fourth-order valence-corrected chi connectivity index (χ4v) is 3.81. The lowest BCUT2D eigenvalue weighted by molar-refractivity contribution is -0.118. The summed E-state index contributed by atoms with van der Waals surface area (Å²) < 4.78 is 6.04. The molecular formula is C24H28BrN3O3. The van der Waals surface area contributed by atoms with Crippen molar-refractivity contribution in [3.63, 3.8) is 0 Å². The van der Waals surface area contributed by atoms with Crippen molar-refractivity contribution >= 4 is 44.5 Å². The maximum atomic E-state index is 13.2. The molecule has 31 heavy (non-hydrogen) atoms. The number of carbonyl (C=O) groups excluding carboxylic acids is 2. The van der Waals surface area contributed by atoms with Crippen LogP contribution in [0.4, 0.5) is 10.5 Å². The number of aryl methyl sites for hydroxylation is 2. The minimum Gasteiger partial charge on any atom is -0.449 e. The minimum absolute atomic E-state index is 0.207. The van der Waals surface area contributed by atoms with Crippen molar-refractivity contribution in [2.75, 3.05) is 11.9 Å². The SMILES string of the molecule is Cc1cc(Br)c(NC(=O)[C@H](Cc2c[nH]c3ccccc23)NC(=O)OCC(C)C)cc1C. The highest BCUT2D eigenvalue weighted by Gasteiger charge is 2.24. The van der Waals surface area contributed by atoms with Crippen LogP contribution in [0, 0.1) is 19.8 Å². The first-order valence-electron chi connectivity index (χ1n) is 10.3. The summed E-state index contributed by atoms with van der Waals surface area (Å²) in [5.41, 5.74) is 4.77. The zero-order valence-corrected chi connectivity index (χ0v) is 19.8. The molecule has 0 fully saturated rings. The molecule has 6 nitrogen and oxygen atoms in total. The smallest absolute Gasteiger partial charge is 0.407 e. The summed E-state index contributed by atoms with van der Waals surface area (Å²) in [7, 11) is 0. The summed E-state index contributed by atoms with van der Waals surface area (Å²) in [6, 6.07) is 10.9. The highest BCUT2D eigenvalue weighted by Crippen LogP contribution is 2.27. The van der Waals surface area contributed by atoms with E-state index in [1.54, 1.807) is 0 Å². The van der Waals surface area contributed by atoms with Crippen LogP contribution in [0.25, 0.3) is 10.9 Å². The van der Waals surface area contributed by atoms with E-state index in [-0.39, 0.29) is 18.4 Å². The second kappa shape index (κ2) is 10.0. The molecule has 1 heterocycles. The molecule has 1 atom stereocenters. The molecule has 7 heteroatoms. The van der Waals surface area contributed by atoms with Crippen molar-refractivity contribution in [2.45, 2.75) is 40.2 Å². The molecule has 0 aliphatic carbocycles. The van der Waals surface area contributed by atoms with Crippen LogP contribution in [-0.4, -0.2) is 29.6 Å². The molecule has 2 aromatic carbocycles. The van der Waals surface area contributed by atoms with E-state index in [9.17, 15) is 9.59 Å². The number of fused-ring (bicyclic) bond motifs is 1. The number of alkyl carbamates (subject to hydrolysis) is 1. The fraction of sp³-hybridized carbons (Fsp3) is 0.333. The number of aromatic nitrogens is 1. The predicted molar refractivity (Wildman–Crippen MR) is 127 cm³/mol. The second-order valence-electron chi connectivity index (χ2n) is 8.16. The third kappa shape index (κ3) is 5.88. The predicted octanol–water partition coefficient (Wildman–Crippen LogP) is 5.48. The molecule has 2 amide bonds. The van der Waals surface area contributed by atoms with Gasteiger partial charge >= 0.3 is 6.09 Å². The zero-order valence-electron chi connectivity index (χ0n) is 18.2. The summed E-state index contributed by atoms with van der Waals surface area (Å²) in [6.07, 6.45) is 1.60. The molecule has 0 saturated heterocycles. The fourth-order valence-electron chi connectivity index (χ4n) is 3.25. The van der Waals surface area contributed by atoms with Crippen LogP contribution in [0.5, 0.6) is 0 Å². The van der Waals surface area contributed by atoms with Gasteiger partial charge in [0.15, 0.2) is 0 Å². The number of amides is 2. The molecule has 0 unspecified atom stereocenters. The zero-order chi connectivity index (χ0) is 22.5. The molecule has 0 radical (unpaired) electrons. The van der Waals surface area contributed by atoms with Crippen molar-refractivity contribution < 1.29 is 14.3 Å². The van der Waals surface area contributed by atoms with E-state index in [0.29, 0.717) is 12.1 Å². The number of benzene rings is 2. The van der Waals surface area contributed by atoms with Gasteiger partial charge in [0.2, 0.25) is 5.91 Å². The third-order valence-corrected chi connectivity index (χ3v) is 5.75. The Morgan fingerprint density at radius 1 is 1.13 bits per heavy atom. The van der Waals surface area contributed by atoms with Gasteiger partial charge in [-0.1, -0.05) is 32.0 Å². The van der Waals surface area contributed by atoms with Gasteiger partial charge in [-0.2, -0.15) is 0 Å². The van der Waals surface area contributed by atoms with Crippen LogP contribution in [0.2, 0.25) is 0 Å². The number of nitrogens with one attached hydrogen (secondary N) is 3. The lowest BCUT2D eigenvalue weighted by Crippen LogP contribution is -2.45. The Hall–Kier alpha value is -2.80. The van der Waals surface area contributed by atoms with E-state index in [0.717, 1.165) is 32.1 Å². The number of para-hydroxylation sites is 1. The quantitative estimate of drug-likeness (QED) is 0.414. The van der Waals surface area contributed by atoms with E-state index in [4.69, 9.17) is 4.74 Å². The van der Waals surface area contributed by atoms with Crippen LogP contribution in [-0.2, 0) is 16.0 Å². The Kier molecular flexibility index (Phi) is 7.38. The number of halogens is 1. The number of carbonyl (C=O) groups is 2. The van der Waals surface area contributed by atoms with Crippen LogP contribution < -0.4 is 10.6 Å². The van der Waals surface area contributed by atoms with Gasteiger partial charge in [0.25, 0.3) is 0 Å². The summed E-state index contributed by atoms with van der Waals surface area (Å²) in [5, 5.41) is 6.70. The van der Waals surface area contributed by atoms with Crippen LogP contribution >= 0.6 is 15.9 Å². The van der Waals surface area contributed by atoms with Crippen LogP contribution in [0.1, 0.15) is 30.5 Å². The third-order valence-electron chi connectivity index (χ3n) is 5.10. The summed E-state index contributed by atoms with van der Waals surface area (Å²) >= 11 is 3.51. The first-order chi connectivity index (χ1) is 14.7. The highest BCUT2D eigenvalue weighted by molar-refractivity contribution is 9.10. The van der Waals surface area contributed by atoms with E-state index in [1.165, 1.54) is 0 Å². The number of hydrogen-bond donors (Lipinski definition) is 3. The number of rotatable bonds is 7. The molecule has 0 spiro atoms. The molecule has 3 aromatic rings. The Morgan fingerprint density at radius 3 is 2.58 bits per heavy atom. The monoisotopic (exact) mass is 485 g/mol. The Morgan fingerprint density at radius 2 is 1.84 bits per heavy atom. The molecule has 3 N–H and O–H groups in total. The lowest BCUT2D eigenvalue weighted by Gasteiger charge is -2.19. The molecule has 164 valence electrons. The van der Waals surface area contributed by atoms with Crippen molar-refractivity contribution in [3.8, 4) is 0 Å². The molecule has 0 saturated carbocycles. The topological polar surface area (TPSA) is 83.2 Å². The largest absolute Gasteiger partial charge is 0.449 e. The number of hydrogen-bond acceptors (Lipinski definition) is 3. The van der Waals surface area contributed by atoms with Crippen molar-refractivity contribution in [1.29, 1.82) is 0 Å². The van der Waals surface area contributed by atoms with E-state index in [2.05, 4.69) is 31.5 Å². The molecule has 1 aromatic heterocycles. The van der Waals surface area contributed by atoms with Gasteiger partial charge in [0.05, 0.1) is 12.3 Å². The Bertz CT molecular complexity index is 1090. The molecule has 3 rings (SSSR count). The Balaban J connectivity index is 1.83. The number of anilines is 1. The summed E-state index contributed by atoms with van der Waals surface area (Å²) in [5.74, 6) is -0.103. The minimum atomic E-state index is -0.799. The number of H-pyrrole nitrogens is 1. The van der Waals surface area contributed by atoms with Gasteiger partial charge in [0.1, 0.15) is 6.04 Å². The van der Waals surface area contributed by atoms with Gasteiger partial charge in [-0.05, 0) is 70.6 Å². The first kappa shape index (κ1) is 22.9. The maximum Gasteiger partial charge on any atom is 0.407 e. The van der Waals surface area contributed by atoms with E-state index >= 15 is 0 Å². The molecule has 0 aliphatic rings. The van der Waals surface area contributed by atoms with Crippen molar-refractivity contribution in [3.05, 3.63) is 63.8 Å². The summed E-state index contributed by atoms with van der Waals surface area (Å²) in [6.45, 7) is 8.21. The van der Waals surface area contributed by atoms with Crippen LogP contribution in [0.3, 0.4) is 0 Å². The first-order valence-corrected chi connectivity index (χ1v) is 11.1. The number of ether oxygens (including phenoxy) is 1. The van der Waals surface area contributed by atoms with Gasteiger partial charge < -0.3 is 20.4 Å². The van der Waals surface area contributed by atoms with Crippen LogP contribution in [0.15, 0.2) is 47.1 Å². The highest BCUT2D eigenvalue weighted by atomic mass is 79.9. The lowest BCUT2D eigenvalue weighted by atomic mass is 10.0. The van der Waals surface area contributed by atoms with Crippen molar-refractivity contribution in [2.24, 2.45) is 5.92 Å². The van der Waals surface area contributed by atoms with E-state index < -0.39 is 12.1 Å². The Labute approximate surface area is 190 Å². The average molecular weight is 486 g/mol. The van der Waals surface area contributed by atoms with E-state index in [1.807, 2.05) is 70.3 Å². The standard InChI is InChI=1S/C24H28BrN3O3/c1-14(2)13-31-24(30)28-22(11-17-12-26-20-8-6-5-7-18(17)20)23(29)27-21-10-16(4)15(3)9-19(21)25/h5-10,12,14,22,26H,11,13H2,1-4H3,(H,27,29)(H,28,30)/t22-/m0/s1. The van der Waals surface area contributed by atoms with Crippen molar-refractivity contribution in [1.82, 2.24) is 10.3 Å². The van der Waals surface area contributed by atoms with Gasteiger partial charge in [-0.15, -0.1) is 0 Å². The van der Waals surface area contributed by atoms with Gasteiger partial charge in [-0.3, -0.25) is 4.79 Å². The molecule has 0 aliphatic heterocycles. The molecule has 0 bridgehead atoms. The maximum absolute atomic E-state index is 13.2. The van der Waals surface area contributed by atoms with Gasteiger partial charge in [0, 0.05) is 28.0 Å². The summed E-state index contributed by atoms with van der Waals surface area (Å²) in [4.78, 5) is 28.7. The molecular weight excluding hydrogens is 458 g/mol. The average Bonchev–Trinajstić information content (AvgIpc) is 3.13. The number of aromatic amines is 1. The normalized spacial score (nSPS) is 12.1. The van der Waals surface area contributed by atoms with Gasteiger partial charge in [-0.25, -0.2) is 4.79 Å².